The van der Waals surface area contributed by atoms with E-state index in [0.29, 0.717) is 0 Å². The highest BCUT2D eigenvalue weighted by Gasteiger charge is 2.13. The van der Waals surface area contributed by atoms with Crippen molar-refractivity contribution in [2.45, 2.75) is 32.9 Å². The van der Waals surface area contributed by atoms with Crippen LogP contribution in [0.4, 0.5) is 0 Å². The molecule has 1 rings (SSSR count). The summed E-state index contributed by atoms with van der Waals surface area (Å²) in [7, 11) is 3.69. The monoisotopic (exact) mass is 236 g/mol. The molecule has 1 aromatic rings. The molecule has 1 aromatic carbocycles. The molecule has 0 aromatic heterocycles. The van der Waals surface area contributed by atoms with Crippen molar-refractivity contribution in [1.29, 1.82) is 0 Å². The highest BCUT2D eigenvalue weighted by atomic mass is 16.5. The molecule has 0 amide bonds. The van der Waals surface area contributed by atoms with Gasteiger partial charge in [0.15, 0.2) is 0 Å². The van der Waals surface area contributed by atoms with Crippen molar-refractivity contribution in [3.05, 3.63) is 29.3 Å². The second kappa shape index (κ2) is 6.03. The molecule has 0 spiro atoms. The Morgan fingerprint density at radius 2 is 2.00 bits per heavy atom. The summed E-state index contributed by atoms with van der Waals surface area (Å²) in [6.45, 7) is 8.25. The second-order valence-electron chi connectivity index (χ2n) is 5.04. The minimum atomic E-state index is 0.127. The highest BCUT2D eigenvalue weighted by Crippen LogP contribution is 2.18. The average Bonchev–Trinajstić information content (AvgIpc) is 2.29. The molecule has 0 saturated carbocycles. The molecule has 0 saturated heterocycles. The molecule has 3 nitrogen and oxygen atoms in total. The summed E-state index contributed by atoms with van der Waals surface area (Å²) in [5.41, 5.74) is 2.59. The fourth-order valence-electron chi connectivity index (χ4n) is 1.66. The van der Waals surface area contributed by atoms with E-state index in [1.54, 1.807) is 7.11 Å². The van der Waals surface area contributed by atoms with E-state index in [1.807, 2.05) is 13.1 Å². The highest BCUT2D eigenvalue weighted by molar-refractivity contribution is 5.36. The van der Waals surface area contributed by atoms with Gasteiger partial charge in [0.2, 0.25) is 0 Å². The number of rotatable bonds is 6. The Morgan fingerprint density at radius 1 is 1.29 bits per heavy atom. The van der Waals surface area contributed by atoms with Crippen LogP contribution in [0, 0.1) is 6.92 Å². The lowest BCUT2D eigenvalue weighted by Crippen LogP contribution is -2.45. The van der Waals surface area contributed by atoms with Gasteiger partial charge in [-0.05, 0) is 45.0 Å². The van der Waals surface area contributed by atoms with E-state index in [-0.39, 0.29) is 5.54 Å². The van der Waals surface area contributed by atoms with Gasteiger partial charge in [-0.3, -0.25) is 0 Å². The third-order valence-electron chi connectivity index (χ3n) is 3.03. The van der Waals surface area contributed by atoms with E-state index in [4.69, 9.17) is 4.74 Å². The normalized spacial score (nSPS) is 11.6. The van der Waals surface area contributed by atoms with Crippen molar-refractivity contribution in [2.75, 3.05) is 20.7 Å². The molecule has 0 bridgehead atoms. The summed E-state index contributed by atoms with van der Waals surface area (Å²) in [5.74, 6) is 0.948. The molecule has 0 unspecified atom stereocenters. The van der Waals surface area contributed by atoms with Crippen LogP contribution in [0.25, 0.3) is 0 Å². The van der Waals surface area contributed by atoms with Crippen LogP contribution in [0.2, 0.25) is 0 Å². The molecular weight excluding hydrogens is 212 g/mol. The number of likely N-dealkylation sites (N-methyl/N-ethyl adjacent to an activating group) is 1. The lowest BCUT2D eigenvalue weighted by molar-refractivity contribution is 0.393. The summed E-state index contributed by atoms with van der Waals surface area (Å²) >= 11 is 0. The molecule has 0 atom stereocenters. The Bertz CT molecular complexity index is 361. The number of aryl methyl sites for hydroxylation is 1. The van der Waals surface area contributed by atoms with Gasteiger partial charge in [-0.15, -0.1) is 0 Å². The van der Waals surface area contributed by atoms with E-state index in [0.717, 1.165) is 18.8 Å². The van der Waals surface area contributed by atoms with Crippen LogP contribution in [0.15, 0.2) is 18.2 Å². The average molecular weight is 236 g/mol. The van der Waals surface area contributed by atoms with Gasteiger partial charge >= 0.3 is 0 Å². The van der Waals surface area contributed by atoms with Crippen LogP contribution < -0.4 is 15.4 Å². The van der Waals surface area contributed by atoms with Crippen LogP contribution in [0.3, 0.4) is 0 Å². The van der Waals surface area contributed by atoms with E-state index in [9.17, 15) is 0 Å². The largest absolute Gasteiger partial charge is 0.496 e. The first-order valence-corrected chi connectivity index (χ1v) is 6.01. The Morgan fingerprint density at radius 3 is 2.53 bits per heavy atom. The topological polar surface area (TPSA) is 33.3 Å². The van der Waals surface area contributed by atoms with Crippen molar-refractivity contribution in [3.63, 3.8) is 0 Å². The molecule has 96 valence electrons. The molecule has 0 fully saturated rings. The fourth-order valence-corrected chi connectivity index (χ4v) is 1.66. The van der Waals surface area contributed by atoms with Crippen LogP contribution in [0.5, 0.6) is 5.75 Å². The van der Waals surface area contributed by atoms with Gasteiger partial charge < -0.3 is 15.4 Å². The maximum absolute atomic E-state index is 5.25. The Balaban J connectivity index is 2.50. The van der Waals surface area contributed by atoms with Gasteiger partial charge in [-0.2, -0.15) is 0 Å². The molecule has 0 aliphatic carbocycles. The lowest BCUT2D eigenvalue weighted by atomic mass is 10.1. The molecule has 0 aliphatic heterocycles. The quantitative estimate of drug-likeness (QED) is 0.793. The zero-order valence-corrected chi connectivity index (χ0v) is 11.6. The zero-order valence-electron chi connectivity index (χ0n) is 11.6. The van der Waals surface area contributed by atoms with Crippen LogP contribution in [-0.2, 0) is 6.54 Å². The van der Waals surface area contributed by atoms with Crippen LogP contribution in [-0.4, -0.2) is 26.2 Å². The summed E-state index contributed by atoms with van der Waals surface area (Å²) in [5, 5.41) is 6.73. The number of benzene rings is 1. The van der Waals surface area contributed by atoms with Gasteiger partial charge in [0.1, 0.15) is 5.75 Å². The minimum absolute atomic E-state index is 0.127. The number of hydrogen-bond acceptors (Lipinski definition) is 3. The Hall–Kier alpha value is -1.06. The van der Waals surface area contributed by atoms with E-state index >= 15 is 0 Å². The van der Waals surface area contributed by atoms with Crippen LogP contribution in [0.1, 0.15) is 25.0 Å². The summed E-state index contributed by atoms with van der Waals surface area (Å²) in [6, 6.07) is 6.29. The molecule has 0 radical (unpaired) electrons. The third-order valence-corrected chi connectivity index (χ3v) is 3.03. The van der Waals surface area contributed by atoms with Gasteiger partial charge in [0.05, 0.1) is 7.11 Å². The fraction of sp³-hybridized carbons (Fsp3) is 0.571. The maximum Gasteiger partial charge on any atom is 0.121 e. The zero-order chi connectivity index (χ0) is 12.9. The Labute approximate surface area is 105 Å². The number of ether oxygens (including phenoxy) is 1. The number of hydrogen-bond donors (Lipinski definition) is 2. The van der Waals surface area contributed by atoms with Crippen molar-refractivity contribution < 1.29 is 4.74 Å². The van der Waals surface area contributed by atoms with Crippen molar-refractivity contribution in [2.24, 2.45) is 0 Å². The van der Waals surface area contributed by atoms with Crippen molar-refractivity contribution >= 4 is 0 Å². The first kappa shape index (κ1) is 14.0. The standard InChI is InChI=1S/C14H24N2O/c1-11-8-12(6-7-13(11)17-5)9-16-10-14(2,3)15-4/h6-8,15-16H,9-10H2,1-5H3. The maximum atomic E-state index is 5.25. The molecule has 17 heavy (non-hydrogen) atoms. The molecule has 0 heterocycles. The van der Waals surface area contributed by atoms with Gasteiger partial charge in [0.25, 0.3) is 0 Å². The van der Waals surface area contributed by atoms with E-state index in [2.05, 4.69) is 43.5 Å². The second-order valence-corrected chi connectivity index (χ2v) is 5.04. The SMILES string of the molecule is CNC(C)(C)CNCc1ccc(OC)c(C)c1. The first-order valence-electron chi connectivity index (χ1n) is 6.01. The Kier molecular flexibility index (Phi) is 4.97. The predicted octanol–water partition coefficient (Wildman–Crippen LogP) is 2.09. The van der Waals surface area contributed by atoms with Crippen LogP contribution >= 0.6 is 0 Å². The van der Waals surface area contributed by atoms with E-state index in [1.165, 1.54) is 11.1 Å². The molecule has 0 aliphatic rings. The molecular formula is C14H24N2O. The number of nitrogens with one attached hydrogen (secondary N) is 2. The third kappa shape index (κ3) is 4.36. The van der Waals surface area contributed by atoms with Crippen molar-refractivity contribution in [1.82, 2.24) is 10.6 Å². The summed E-state index contributed by atoms with van der Waals surface area (Å²) in [4.78, 5) is 0. The number of methoxy groups -OCH3 is 1. The lowest BCUT2D eigenvalue weighted by Gasteiger charge is -2.24. The first-order chi connectivity index (χ1) is 7.98. The summed E-state index contributed by atoms with van der Waals surface area (Å²) < 4.78 is 5.25. The van der Waals surface area contributed by atoms with Gasteiger partial charge in [-0.25, -0.2) is 0 Å². The van der Waals surface area contributed by atoms with Gasteiger partial charge in [-0.1, -0.05) is 12.1 Å². The molecule has 3 heteroatoms. The predicted molar refractivity (Wildman–Crippen MR) is 72.6 cm³/mol. The molecule has 2 N–H and O–H groups in total. The minimum Gasteiger partial charge on any atom is -0.496 e. The summed E-state index contributed by atoms with van der Waals surface area (Å²) in [6.07, 6.45) is 0. The smallest absolute Gasteiger partial charge is 0.121 e. The van der Waals surface area contributed by atoms with Gasteiger partial charge in [0, 0.05) is 18.6 Å². The van der Waals surface area contributed by atoms with E-state index < -0.39 is 0 Å². The van der Waals surface area contributed by atoms with Crippen molar-refractivity contribution in [3.8, 4) is 5.75 Å².